The molecule has 0 aliphatic carbocycles. The predicted octanol–water partition coefficient (Wildman–Crippen LogP) is 3.04. The molecule has 1 amide bonds. The topological polar surface area (TPSA) is 46.6 Å². The average Bonchev–Trinajstić information content (AvgIpc) is 2.42. The number of hydrogen-bond donors (Lipinski definition) is 0. The lowest BCUT2D eigenvalue weighted by Gasteiger charge is -2.33. The van der Waals surface area contributed by atoms with E-state index in [4.69, 9.17) is 4.74 Å². The van der Waals surface area contributed by atoms with E-state index < -0.39 is 11.5 Å². The number of nitrogens with zero attached hydrogens (tertiary/aromatic N) is 1. The minimum atomic E-state index is -0.589. The van der Waals surface area contributed by atoms with Crippen LogP contribution in [0.4, 0.5) is 0 Å². The molecule has 0 aromatic heterocycles. The van der Waals surface area contributed by atoms with Gasteiger partial charge in [0, 0.05) is 23.5 Å². The van der Waals surface area contributed by atoms with Crippen molar-refractivity contribution >= 4 is 28.1 Å². The minimum Gasteiger partial charge on any atom is -0.382 e. The molecule has 0 bridgehead atoms. The van der Waals surface area contributed by atoms with Crippen molar-refractivity contribution in [2.24, 2.45) is 5.41 Å². The van der Waals surface area contributed by atoms with Crippen LogP contribution in [0, 0.1) is 5.41 Å². The largest absolute Gasteiger partial charge is 0.382 e. The molecule has 1 aromatic rings. The minimum absolute atomic E-state index is 0.0765. The van der Waals surface area contributed by atoms with Crippen molar-refractivity contribution in [3.05, 3.63) is 34.3 Å². The van der Waals surface area contributed by atoms with Gasteiger partial charge in [-0.1, -0.05) is 54.9 Å². The fourth-order valence-electron chi connectivity index (χ4n) is 1.95. The molecular formula is C16H22BrNO3. The average molecular weight is 356 g/mol. The summed E-state index contributed by atoms with van der Waals surface area (Å²) < 4.78 is 5.99. The van der Waals surface area contributed by atoms with E-state index in [1.807, 2.05) is 45.0 Å². The summed E-state index contributed by atoms with van der Waals surface area (Å²) in [6.45, 7) is 6.09. The van der Waals surface area contributed by atoms with Crippen LogP contribution in [0.25, 0.3) is 0 Å². The number of hydrogen-bond acceptors (Lipinski definition) is 3. The summed E-state index contributed by atoms with van der Waals surface area (Å²) in [6.07, 6.45) is 0.768. The van der Waals surface area contributed by atoms with E-state index in [1.165, 1.54) is 7.11 Å². The molecule has 0 heterocycles. The van der Waals surface area contributed by atoms with Crippen molar-refractivity contribution in [1.82, 2.24) is 4.90 Å². The Labute approximate surface area is 134 Å². The Bertz CT molecular complexity index is 497. The Morgan fingerprint density at radius 1 is 1.38 bits per heavy atom. The lowest BCUT2D eigenvalue weighted by molar-refractivity contribution is -0.146. The second kappa shape index (κ2) is 7.71. The highest BCUT2D eigenvalue weighted by Gasteiger charge is 2.32. The Balaban J connectivity index is 3.10. The third-order valence-electron chi connectivity index (χ3n) is 3.10. The molecule has 1 aromatic carbocycles. The summed E-state index contributed by atoms with van der Waals surface area (Å²) >= 11 is 3.48. The third kappa shape index (κ3) is 4.93. The van der Waals surface area contributed by atoms with Crippen molar-refractivity contribution in [2.75, 3.05) is 13.7 Å². The third-order valence-corrected chi connectivity index (χ3v) is 3.87. The van der Waals surface area contributed by atoms with Gasteiger partial charge in [-0.3, -0.25) is 4.79 Å². The first-order valence-electron chi connectivity index (χ1n) is 6.80. The number of aldehydes is 1. The van der Waals surface area contributed by atoms with Crippen LogP contribution < -0.4 is 0 Å². The molecule has 0 saturated heterocycles. The van der Waals surface area contributed by atoms with Crippen LogP contribution in [-0.4, -0.2) is 36.9 Å². The number of methoxy groups -OCH3 is 1. The highest BCUT2D eigenvalue weighted by atomic mass is 79.9. The standard InChI is InChI=1S/C16H22BrNO3/c1-16(2,3)15(20)18(13(10-19)11-21-4)9-12-7-5-6-8-14(12)17/h5-8,10,13H,9,11H2,1-4H3. The fraction of sp³-hybridized carbons (Fsp3) is 0.500. The van der Waals surface area contributed by atoms with Gasteiger partial charge >= 0.3 is 0 Å². The summed E-state index contributed by atoms with van der Waals surface area (Å²) in [5.41, 5.74) is 0.397. The fourth-order valence-corrected chi connectivity index (χ4v) is 2.36. The van der Waals surface area contributed by atoms with Gasteiger partial charge in [0.15, 0.2) is 0 Å². The first-order valence-corrected chi connectivity index (χ1v) is 7.59. The Morgan fingerprint density at radius 2 is 2.00 bits per heavy atom. The second-order valence-corrected chi connectivity index (χ2v) is 6.79. The lowest BCUT2D eigenvalue weighted by atomic mass is 9.93. The summed E-state index contributed by atoms with van der Waals surface area (Å²) in [6, 6.07) is 7.08. The number of rotatable bonds is 6. The number of benzene rings is 1. The zero-order valence-corrected chi connectivity index (χ0v) is 14.5. The van der Waals surface area contributed by atoms with Gasteiger partial charge in [0.2, 0.25) is 5.91 Å². The van der Waals surface area contributed by atoms with Crippen LogP contribution in [0.1, 0.15) is 26.3 Å². The smallest absolute Gasteiger partial charge is 0.228 e. The van der Waals surface area contributed by atoms with Crippen molar-refractivity contribution in [2.45, 2.75) is 33.4 Å². The maximum absolute atomic E-state index is 12.7. The molecular weight excluding hydrogens is 334 g/mol. The zero-order valence-electron chi connectivity index (χ0n) is 12.9. The molecule has 116 valence electrons. The van der Waals surface area contributed by atoms with Crippen LogP contribution in [0.5, 0.6) is 0 Å². The molecule has 0 radical (unpaired) electrons. The molecule has 0 spiro atoms. The van der Waals surface area contributed by atoms with Crippen molar-refractivity contribution in [1.29, 1.82) is 0 Å². The maximum atomic E-state index is 12.7. The van der Waals surface area contributed by atoms with Crippen LogP contribution in [0.3, 0.4) is 0 Å². The SMILES string of the molecule is COCC(C=O)N(Cc1ccccc1Br)C(=O)C(C)(C)C. The van der Waals surface area contributed by atoms with Gasteiger partial charge < -0.3 is 14.4 Å². The number of ether oxygens (including phenoxy) is 1. The number of amides is 1. The van der Waals surface area contributed by atoms with Gasteiger partial charge in [0.1, 0.15) is 12.3 Å². The Kier molecular flexibility index (Phi) is 6.55. The van der Waals surface area contributed by atoms with Gasteiger partial charge in [-0.15, -0.1) is 0 Å². The molecule has 0 N–H and O–H groups in total. The summed E-state index contributed by atoms with van der Waals surface area (Å²) in [5.74, 6) is -0.0765. The summed E-state index contributed by atoms with van der Waals surface area (Å²) in [7, 11) is 1.52. The van der Waals surface area contributed by atoms with Crippen LogP contribution in [0.15, 0.2) is 28.7 Å². The quantitative estimate of drug-likeness (QED) is 0.736. The Hall–Kier alpha value is -1.20. The van der Waals surface area contributed by atoms with Gasteiger partial charge in [-0.2, -0.15) is 0 Å². The summed E-state index contributed by atoms with van der Waals surface area (Å²) in [4.78, 5) is 25.6. The van der Waals surface area contributed by atoms with E-state index in [0.29, 0.717) is 6.54 Å². The van der Waals surface area contributed by atoms with Gasteiger partial charge in [0.25, 0.3) is 0 Å². The second-order valence-electron chi connectivity index (χ2n) is 5.93. The molecule has 4 nitrogen and oxygen atoms in total. The zero-order chi connectivity index (χ0) is 16.0. The van der Waals surface area contributed by atoms with Crippen LogP contribution >= 0.6 is 15.9 Å². The maximum Gasteiger partial charge on any atom is 0.228 e. The highest BCUT2D eigenvalue weighted by Crippen LogP contribution is 2.24. The van der Waals surface area contributed by atoms with Crippen molar-refractivity contribution < 1.29 is 14.3 Å². The van der Waals surface area contributed by atoms with Gasteiger partial charge in [-0.05, 0) is 11.6 Å². The molecule has 0 fully saturated rings. The Morgan fingerprint density at radius 3 is 2.48 bits per heavy atom. The van der Waals surface area contributed by atoms with Crippen molar-refractivity contribution in [3.8, 4) is 0 Å². The monoisotopic (exact) mass is 355 g/mol. The molecule has 1 atom stereocenters. The molecule has 21 heavy (non-hydrogen) atoms. The van der Waals surface area contributed by atoms with E-state index in [0.717, 1.165) is 16.3 Å². The lowest BCUT2D eigenvalue weighted by Crippen LogP contribution is -2.48. The summed E-state index contributed by atoms with van der Waals surface area (Å²) in [5, 5.41) is 0. The highest BCUT2D eigenvalue weighted by molar-refractivity contribution is 9.10. The van der Waals surface area contributed by atoms with E-state index in [1.54, 1.807) is 4.90 Å². The van der Waals surface area contributed by atoms with E-state index in [2.05, 4.69) is 15.9 Å². The van der Waals surface area contributed by atoms with Gasteiger partial charge in [0.05, 0.1) is 6.61 Å². The van der Waals surface area contributed by atoms with Gasteiger partial charge in [-0.25, -0.2) is 0 Å². The van der Waals surface area contributed by atoms with Crippen LogP contribution in [-0.2, 0) is 20.9 Å². The molecule has 0 aliphatic heterocycles. The predicted molar refractivity (Wildman–Crippen MR) is 85.9 cm³/mol. The molecule has 0 saturated carbocycles. The van der Waals surface area contributed by atoms with Crippen LogP contribution in [0.2, 0.25) is 0 Å². The van der Waals surface area contributed by atoms with E-state index in [-0.39, 0.29) is 12.5 Å². The first kappa shape index (κ1) is 17.9. The number of carbonyl (C=O) groups excluding carboxylic acids is 2. The normalized spacial score (nSPS) is 12.8. The van der Waals surface area contributed by atoms with Crippen molar-refractivity contribution in [3.63, 3.8) is 0 Å². The first-order chi connectivity index (χ1) is 9.81. The molecule has 1 rings (SSSR count). The molecule has 1 unspecified atom stereocenters. The number of carbonyl (C=O) groups is 2. The molecule has 0 aliphatic rings. The number of halogens is 1. The molecule has 5 heteroatoms. The van der Waals surface area contributed by atoms with E-state index in [9.17, 15) is 9.59 Å². The van der Waals surface area contributed by atoms with E-state index >= 15 is 0 Å².